The van der Waals surface area contributed by atoms with E-state index in [9.17, 15) is 26.4 Å². The highest BCUT2D eigenvalue weighted by Gasteiger charge is 2.48. The first-order valence-electron chi connectivity index (χ1n) is 5.78. The van der Waals surface area contributed by atoms with Crippen molar-refractivity contribution in [1.29, 1.82) is 0 Å². The lowest BCUT2D eigenvalue weighted by molar-refractivity contribution is -0.140. The van der Waals surface area contributed by atoms with E-state index < -0.39 is 43.6 Å². The van der Waals surface area contributed by atoms with Gasteiger partial charge < -0.3 is 5.11 Å². The van der Waals surface area contributed by atoms with Gasteiger partial charge in [0.15, 0.2) is 15.1 Å². The van der Waals surface area contributed by atoms with E-state index in [1.165, 1.54) is 0 Å². The van der Waals surface area contributed by atoms with E-state index in [-0.39, 0.29) is 0 Å². The van der Waals surface area contributed by atoms with Gasteiger partial charge in [0.25, 0.3) is 0 Å². The molecule has 110 valence electrons. The lowest BCUT2D eigenvalue weighted by Crippen LogP contribution is -2.33. The van der Waals surface area contributed by atoms with Gasteiger partial charge in [0.05, 0.1) is 10.5 Å². The number of sulfone groups is 1. The molecule has 0 radical (unpaired) electrons. The van der Waals surface area contributed by atoms with Gasteiger partial charge in [0.1, 0.15) is 0 Å². The van der Waals surface area contributed by atoms with Crippen LogP contribution in [-0.4, -0.2) is 24.7 Å². The molecule has 0 heterocycles. The molecule has 0 amide bonds. The zero-order valence-corrected chi connectivity index (χ0v) is 10.9. The Labute approximate surface area is 113 Å². The molecule has 0 aromatic heterocycles. The highest BCUT2D eigenvalue weighted by molar-refractivity contribution is 7.92. The average molecular weight is 308 g/mol. The van der Waals surface area contributed by atoms with Crippen LogP contribution in [0.2, 0.25) is 0 Å². The average Bonchev–Trinajstić information content (AvgIpc) is 3.11. The van der Waals surface area contributed by atoms with Crippen molar-refractivity contribution in [3.05, 3.63) is 29.8 Å². The number of carboxylic acids is 1. The number of benzene rings is 1. The minimum atomic E-state index is -4.85. The van der Waals surface area contributed by atoms with E-state index >= 15 is 0 Å². The summed E-state index contributed by atoms with van der Waals surface area (Å²) < 4.78 is 63.0. The highest BCUT2D eigenvalue weighted by atomic mass is 32.2. The fourth-order valence-corrected chi connectivity index (χ4v) is 4.15. The van der Waals surface area contributed by atoms with Crippen LogP contribution >= 0.6 is 0 Å². The molecule has 1 aliphatic carbocycles. The smallest absolute Gasteiger partial charge is 0.417 e. The summed E-state index contributed by atoms with van der Waals surface area (Å²) in [6.45, 7) is 0. The van der Waals surface area contributed by atoms with Crippen molar-refractivity contribution in [1.82, 2.24) is 0 Å². The second-order valence-corrected chi connectivity index (χ2v) is 6.67. The number of rotatable bonds is 4. The summed E-state index contributed by atoms with van der Waals surface area (Å²) in [6, 6.07) is 3.65. The van der Waals surface area contributed by atoms with Crippen LogP contribution in [0.25, 0.3) is 0 Å². The molecular formula is C12H11F3O4S. The molecule has 1 saturated carbocycles. The van der Waals surface area contributed by atoms with Crippen LogP contribution in [0.3, 0.4) is 0 Å². The molecule has 2 rings (SSSR count). The molecule has 0 bridgehead atoms. The van der Waals surface area contributed by atoms with Crippen LogP contribution < -0.4 is 0 Å². The zero-order chi connectivity index (χ0) is 15.1. The third kappa shape index (κ3) is 2.65. The van der Waals surface area contributed by atoms with Crippen LogP contribution in [0.5, 0.6) is 0 Å². The standard InChI is InChI=1S/C12H11F3O4S/c13-12(14,15)8-3-1-2-4-9(8)20(18,19)10(11(16)17)7-5-6-7/h1-4,7,10H,5-6H2,(H,16,17). The Balaban J connectivity index is 2.57. The molecule has 0 aliphatic heterocycles. The summed E-state index contributed by atoms with van der Waals surface area (Å²) >= 11 is 0. The second-order valence-electron chi connectivity index (χ2n) is 4.64. The molecule has 1 aromatic carbocycles. The number of hydrogen-bond acceptors (Lipinski definition) is 3. The van der Waals surface area contributed by atoms with E-state index in [0.717, 1.165) is 18.2 Å². The Morgan fingerprint density at radius 3 is 2.25 bits per heavy atom. The first kappa shape index (κ1) is 14.8. The third-order valence-corrected chi connectivity index (χ3v) is 5.35. The van der Waals surface area contributed by atoms with Crippen molar-refractivity contribution in [3.63, 3.8) is 0 Å². The number of carboxylic acid groups (broad SMARTS) is 1. The largest absolute Gasteiger partial charge is 0.480 e. The van der Waals surface area contributed by atoms with Crippen LogP contribution in [0, 0.1) is 5.92 Å². The van der Waals surface area contributed by atoms with Gasteiger partial charge in [-0.3, -0.25) is 4.79 Å². The number of aliphatic carboxylic acids is 1. The molecule has 1 fully saturated rings. The van der Waals surface area contributed by atoms with Crippen molar-refractivity contribution >= 4 is 15.8 Å². The van der Waals surface area contributed by atoms with Crippen molar-refractivity contribution in [2.24, 2.45) is 5.92 Å². The van der Waals surface area contributed by atoms with Crippen LogP contribution in [0.1, 0.15) is 18.4 Å². The molecule has 1 aromatic rings. The molecule has 20 heavy (non-hydrogen) atoms. The quantitative estimate of drug-likeness (QED) is 0.926. The number of hydrogen-bond donors (Lipinski definition) is 1. The molecular weight excluding hydrogens is 297 g/mol. The van der Waals surface area contributed by atoms with Gasteiger partial charge in [0, 0.05) is 0 Å². The lowest BCUT2D eigenvalue weighted by atomic mass is 10.2. The number of halogens is 3. The van der Waals surface area contributed by atoms with E-state index in [4.69, 9.17) is 5.11 Å². The third-order valence-electron chi connectivity index (χ3n) is 3.13. The Kier molecular flexibility index (Phi) is 3.53. The van der Waals surface area contributed by atoms with Gasteiger partial charge in [-0.25, -0.2) is 8.42 Å². The molecule has 1 atom stereocenters. The van der Waals surface area contributed by atoms with E-state index in [2.05, 4.69) is 0 Å². The SMILES string of the molecule is O=C(O)C(C1CC1)S(=O)(=O)c1ccccc1C(F)(F)F. The van der Waals surface area contributed by atoms with Gasteiger partial charge in [-0.1, -0.05) is 12.1 Å². The molecule has 1 N–H and O–H groups in total. The number of carbonyl (C=O) groups is 1. The first-order valence-corrected chi connectivity index (χ1v) is 7.33. The van der Waals surface area contributed by atoms with Crippen molar-refractivity contribution < 1.29 is 31.5 Å². The number of alkyl halides is 3. The maximum atomic E-state index is 12.8. The summed E-state index contributed by atoms with van der Waals surface area (Å²) in [4.78, 5) is 10.1. The summed E-state index contributed by atoms with van der Waals surface area (Å²) in [7, 11) is -4.57. The monoisotopic (exact) mass is 308 g/mol. The predicted molar refractivity (Wildman–Crippen MR) is 62.8 cm³/mol. The van der Waals surface area contributed by atoms with Crippen molar-refractivity contribution in [2.45, 2.75) is 29.2 Å². The maximum Gasteiger partial charge on any atom is 0.417 e. The van der Waals surface area contributed by atoms with Crippen molar-refractivity contribution in [2.75, 3.05) is 0 Å². The van der Waals surface area contributed by atoms with E-state index in [0.29, 0.717) is 18.9 Å². The molecule has 8 heteroatoms. The van der Waals surface area contributed by atoms with Crippen LogP contribution in [0.15, 0.2) is 29.2 Å². The topological polar surface area (TPSA) is 71.4 Å². The predicted octanol–water partition coefficient (Wildman–Crippen LogP) is 2.34. The summed E-state index contributed by atoms with van der Waals surface area (Å²) in [5, 5.41) is 7.20. The van der Waals surface area contributed by atoms with Gasteiger partial charge in [-0.2, -0.15) is 13.2 Å². The Morgan fingerprint density at radius 2 is 1.80 bits per heavy atom. The van der Waals surface area contributed by atoms with Gasteiger partial charge in [0.2, 0.25) is 0 Å². The minimum absolute atomic E-state index is 0.393. The summed E-state index contributed by atoms with van der Waals surface area (Å²) in [5.41, 5.74) is -1.33. The molecule has 0 saturated heterocycles. The van der Waals surface area contributed by atoms with E-state index in [1.54, 1.807) is 0 Å². The Bertz CT molecular complexity index is 632. The molecule has 1 unspecified atom stereocenters. The highest BCUT2D eigenvalue weighted by Crippen LogP contribution is 2.41. The Morgan fingerprint density at radius 1 is 1.25 bits per heavy atom. The zero-order valence-electron chi connectivity index (χ0n) is 10.1. The van der Waals surface area contributed by atoms with Gasteiger partial charge in [-0.15, -0.1) is 0 Å². The van der Waals surface area contributed by atoms with Gasteiger partial charge >= 0.3 is 12.1 Å². The lowest BCUT2D eigenvalue weighted by Gasteiger charge is -2.17. The van der Waals surface area contributed by atoms with Gasteiger partial charge in [-0.05, 0) is 30.9 Å². The Hall–Kier alpha value is -1.57. The summed E-state index contributed by atoms with van der Waals surface area (Å²) in [6.07, 6.45) is -4.06. The van der Waals surface area contributed by atoms with E-state index in [1.807, 2.05) is 0 Å². The normalized spacial score (nSPS) is 17.8. The fraction of sp³-hybridized carbons (Fsp3) is 0.417. The molecule has 4 nitrogen and oxygen atoms in total. The molecule has 1 aliphatic rings. The van der Waals surface area contributed by atoms with Crippen LogP contribution in [0.4, 0.5) is 13.2 Å². The van der Waals surface area contributed by atoms with Crippen molar-refractivity contribution in [3.8, 4) is 0 Å². The first-order chi connectivity index (χ1) is 9.15. The fourth-order valence-electron chi connectivity index (χ4n) is 2.07. The molecule has 0 spiro atoms. The maximum absolute atomic E-state index is 12.8. The second kappa shape index (κ2) is 4.76. The summed E-state index contributed by atoms with van der Waals surface area (Å²) in [5.74, 6) is -2.22. The minimum Gasteiger partial charge on any atom is -0.480 e. The van der Waals surface area contributed by atoms with Crippen LogP contribution in [-0.2, 0) is 20.8 Å².